The maximum absolute atomic E-state index is 14.2. The lowest BCUT2D eigenvalue weighted by molar-refractivity contribution is -0.384. The zero-order chi connectivity index (χ0) is 26.0. The van der Waals surface area contributed by atoms with Crippen molar-refractivity contribution in [2.24, 2.45) is 0 Å². The number of nitrogens with one attached hydrogen (secondary N) is 1. The van der Waals surface area contributed by atoms with E-state index in [4.69, 9.17) is 9.84 Å². The average Bonchev–Trinajstić information content (AvgIpc) is 2.74. The van der Waals surface area contributed by atoms with Crippen LogP contribution in [0.1, 0.15) is 11.1 Å². The van der Waals surface area contributed by atoms with Gasteiger partial charge in [-0.1, -0.05) is 30.3 Å². The lowest BCUT2D eigenvalue weighted by Gasteiger charge is -2.38. The van der Waals surface area contributed by atoms with Crippen molar-refractivity contribution in [3.8, 4) is 11.5 Å². The van der Waals surface area contributed by atoms with E-state index in [1.165, 1.54) is 18.2 Å². The molecule has 0 aliphatic carbocycles. The summed E-state index contributed by atoms with van der Waals surface area (Å²) in [6.45, 7) is 0. The van der Waals surface area contributed by atoms with E-state index in [0.717, 1.165) is 30.3 Å². The van der Waals surface area contributed by atoms with Gasteiger partial charge in [0.25, 0.3) is 5.69 Å². The number of nitrogens with zero attached hydrogens (tertiary/aromatic N) is 1. The van der Waals surface area contributed by atoms with Gasteiger partial charge in [0.1, 0.15) is 11.5 Å². The fourth-order valence-corrected chi connectivity index (χ4v) is 3.48. The van der Waals surface area contributed by atoms with Crippen LogP contribution in [0.2, 0.25) is 0 Å². The number of alkyl halides is 6. The summed E-state index contributed by atoms with van der Waals surface area (Å²) in [5.74, 6) is -0.208. The SMILES string of the molecule is O=C(O)Nc1ccc(C(c2ccc(Oc3cccc([N+](=O)[O-])c3)cc2)(C(F)(F)F)C(F)(F)F)cc1. The largest absolute Gasteiger partial charge is 0.465 e. The quantitative estimate of drug-likeness (QED) is 0.218. The maximum Gasteiger partial charge on any atom is 0.411 e. The van der Waals surface area contributed by atoms with Crippen LogP contribution >= 0.6 is 0 Å². The summed E-state index contributed by atoms with van der Waals surface area (Å²) in [5.41, 5.74) is -7.33. The van der Waals surface area contributed by atoms with E-state index in [1.807, 2.05) is 5.32 Å². The van der Waals surface area contributed by atoms with Crippen LogP contribution in [0.4, 0.5) is 42.5 Å². The molecule has 184 valence electrons. The van der Waals surface area contributed by atoms with E-state index in [2.05, 4.69) is 0 Å². The van der Waals surface area contributed by atoms with Crippen LogP contribution in [0, 0.1) is 10.1 Å². The minimum absolute atomic E-state index is 0.0497. The monoisotopic (exact) mass is 500 g/mol. The van der Waals surface area contributed by atoms with Crippen molar-refractivity contribution in [3.05, 3.63) is 94.0 Å². The fraction of sp³-hybridized carbons (Fsp3) is 0.136. The molecule has 1 amide bonds. The number of amides is 1. The van der Waals surface area contributed by atoms with E-state index in [-0.39, 0.29) is 22.9 Å². The molecule has 0 radical (unpaired) electrons. The Kier molecular flexibility index (Phi) is 6.63. The maximum atomic E-state index is 14.2. The van der Waals surface area contributed by atoms with Crippen LogP contribution in [0.3, 0.4) is 0 Å². The molecule has 3 aromatic carbocycles. The highest BCUT2D eigenvalue weighted by Gasteiger charge is 2.72. The molecular formula is C22H14F6N2O5. The summed E-state index contributed by atoms with van der Waals surface area (Å²) in [5, 5.41) is 21.4. The molecule has 2 N–H and O–H groups in total. The minimum atomic E-state index is -5.84. The van der Waals surface area contributed by atoms with E-state index in [1.54, 1.807) is 0 Å². The zero-order valence-electron chi connectivity index (χ0n) is 17.2. The van der Waals surface area contributed by atoms with Crippen molar-refractivity contribution in [1.29, 1.82) is 0 Å². The Bertz CT molecular complexity index is 1210. The molecule has 0 fully saturated rings. The van der Waals surface area contributed by atoms with Gasteiger partial charge in [0.05, 0.1) is 11.0 Å². The first-order valence-corrected chi connectivity index (χ1v) is 9.52. The molecule has 7 nitrogen and oxygen atoms in total. The van der Waals surface area contributed by atoms with Crippen LogP contribution in [0.5, 0.6) is 11.5 Å². The summed E-state index contributed by atoms with van der Waals surface area (Å²) >= 11 is 0. The normalized spacial score (nSPS) is 12.2. The summed E-state index contributed by atoms with van der Waals surface area (Å²) in [4.78, 5) is 20.8. The Labute approximate surface area is 192 Å². The topological polar surface area (TPSA) is 102 Å². The third-order valence-electron chi connectivity index (χ3n) is 4.97. The van der Waals surface area contributed by atoms with Gasteiger partial charge < -0.3 is 9.84 Å². The third-order valence-corrected chi connectivity index (χ3v) is 4.97. The Morgan fingerprint density at radius 2 is 1.34 bits per heavy atom. The number of carboxylic acid groups (broad SMARTS) is 1. The number of carbonyl (C=O) groups is 1. The second kappa shape index (κ2) is 9.16. The Morgan fingerprint density at radius 3 is 1.80 bits per heavy atom. The number of ether oxygens (including phenoxy) is 1. The van der Waals surface area contributed by atoms with E-state index in [9.17, 15) is 41.3 Å². The van der Waals surface area contributed by atoms with Crippen LogP contribution in [-0.2, 0) is 5.41 Å². The zero-order valence-corrected chi connectivity index (χ0v) is 17.2. The van der Waals surface area contributed by atoms with Crippen molar-refractivity contribution in [1.82, 2.24) is 0 Å². The number of nitro benzene ring substituents is 1. The molecule has 0 unspecified atom stereocenters. The highest BCUT2D eigenvalue weighted by atomic mass is 19.4. The lowest BCUT2D eigenvalue weighted by Crippen LogP contribution is -2.54. The summed E-state index contributed by atoms with van der Waals surface area (Å²) in [6.07, 6.45) is -13.2. The number of nitro groups is 1. The van der Waals surface area contributed by atoms with Crippen LogP contribution in [0.25, 0.3) is 0 Å². The molecule has 3 aromatic rings. The number of benzene rings is 3. The van der Waals surface area contributed by atoms with Gasteiger partial charge >= 0.3 is 18.4 Å². The summed E-state index contributed by atoms with van der Waals surface area (Å²) in [6, 6.07) is 10.4. The van der Waals surface area contributed by atoms with Crippen molar-refractivity contribution in [3.63, 3.8) is 0 Å². The number of non-ortho nitro benzene ring substituents is 1. The molecule has 0 bridgehead atoms. The second-order valence-electron chi connectivity index (χ2n) is 7.13. The van der Waals surface area contributed by atoms with E-state index < -0.39 is 39.9 Å². The van der Waals surface area contributed by atoms with Gasteiger partial charge in [-0.3, -0.25) is 15.4 Å². The number of hydrogen-bond acceptors (Lipinski definition) is 4. The number of hydrogen-bond donors (Lipinski definition) is 2. The molecule has 0 aromatic heterocycles. The molecule has 3 rings (SSSR count). The number of rotatable bonds is 6. The first-order valence-electron chi connectivity index (χ1n) is 9.52. The highest BCUT2D eigenvalue weighted by Crippen LogP contribution is 2.56. The molecule has 0 spiro atoms. The molecular weight excluding hydrogens is 486 g/mol. The van der Waals surface area contributed by atoms with Gasteiger partial charge in [-0.15, -0.1) is 0 Å². The first kappa shape index (κ1) is 25.3. The van der Waals surface area contributed by atoms with Gasteiger partial charge in [0.15, 0.2) is 0 Å². The van der Waals surface area contributed by atoms with Crippen LogP contribution < -0.4 is 10.1 Å². The van der Waals surface area contributed by atoms with Crippen molar-refractivity contribution < 1.29 is 45.9 Å². The van der Waals surface area contributed by atoms with Gasteiger partial charge in [-0.05, 0) is 41.5 Å². The predicted molar refractivity (Wildman–Crippen MR) is 111 cm³/mol. The van der Waals surface area contributed by atoms with Gasteiger partial charge in [0, 0.05) is 11.8 Å². The standard InChI is InChI=1S/C22H14F6N2O5/c23-21(24,25)20(22(26,27)28,13-4-8-15(9-5-13)29-19(31)32)14-6-10-17(11-7-14)35-18-3-1-2-16(12-18)30(33)34/h1-12,29H,(H,31,32). The molecule has 0 aliphatic heterocycles. The Hall–Kier alpha value is -4.29. The van der Waals surface area contributed by atoms with Crippen LogP contribution in [0.15, 0.2) is 72.8 Å². The fourth-order valence-electron chi connectivity index (χ4n) is 3.48. The molecule has 0 heterocycles. The van der Waals surface area contributed by atoms with Gasteiger partial charge in [0.2, 0.25) is 5.41 Å². The summed E-state index contributed by atoms with van der Waals surface area (Å²) < 4.78 is 90.5. The minimum Gasteiger partial charge on any atom is -0.465 e. The van der Waals surface area contributed by atoms with Gasteiger partial charge in [-0.25, -0.2) is 4.79 Å². The molecule has 35 heavy (non-hydrogen) atoms. The molecule has 13 heteroatoms. The Morgan fingerprint density at radius 1 is 0.829 bits per heavy atom. The van der Waals surface area contributed by atoms with E-state index in [0.29, 0.717) is 24.3 Å². The predicted octanol–water partition coefficient (Wildman–Crippen LogP) is 6.89. The third kappa shape index (κ3) is 4.98. The van der Waals surface area contributed by atoms with Crippen molar-refractivity contribution in [2.75, 3.05) is 5.32 Å². The first-order chi connectivity index (χ1) is 16.3. The Balaban J connectivity index is 2.07. The highest BCUT2D eigenvalue weighted by molar-refractivity contribution is 5.82. The average molecular weight is 500 g/mol. The molecule has 0 aliphatic rings. The lowest BCUT2D eigenvalue weighted by atomic mass is 9.73. The van der Waals surface area contributed by atoms with E-state index >= 15 is 0 Å². The smallest absolute Gasteiger partial charge is 0.411 e. The van der Waals surface area contributed by atoms with Crippen molar-refractivity contribution in [2.45, 2.75) is 17.8 Å². The molecule has 0 atom stereocenters. The summed E-state index contributed by atoms with van der Waals surface area (Å²) in [7, 11) is 0. The number of halogens is 6. The van der Waals surface area contributed by atoms with Crippen LogP contribution in [-0.4, -0.2) is 28.5 Å². The van der Waals surface area contributed by atoms with Gasteiger partial charge in [-0.2, -0.15) is 26.3 Å². The molecule has 0 saturated heterocycles. The number of anilines is 1. The molecule has 0 saturated carbocycles. The van der Waals surface area contributed by atoms with Crippen molar-refractivity contribution >= 4 is 17.5 Å². The second-order valence-corrected chi connectivity index (χ2v) is 7.13.